The molecule has 0 saturated heterocycles. The predicted octanol–water partition coefficient (Wildman–Crippen LogP) is 7.33. The smallest absolute Gasteiger partial charge is 0.325 e. The van der Waals surface area contributed by atoms with Gasteiger partial charge in [0, 0.05) is 34.8 Å². The van der Waals surface area contributed by atoms with Crippen LogP contribution in [-0.4, -0.2) is 44.9 Å². The van der Waals surface area contributed by atoms with E-state index in [0.29, 0.717) is 28.1 Å². The van der Waals surface area contributed by atoms with Crippen LogP contribution in [0.5, 0.6) is 5.75 Å². The normalized spacial score (nSPS) is 12.5. The van der Waals surface area contributed by atoms with E-state index in [4.69, 9.17) is 16.3 Å². The molecule has 5 rings (SSSR count). The molecule has 9 nitrogen and oxygen atoms in total. The molecule has 0 bridgehead atoms. The molecule has 3 N–H and O–H groups in total. The SMILES string of the molecule is C[C@@H](NC(=O)[C@H](Cc1ccc(-c2ncc(-c3ccc(OCc4ccccc4)c(Cl)c3)cn2)cc1)NC(=O)c1ccc(C(C)(C)C)s1)C(=O)O. The second-order valence-corrected chi connectivity index (χ2v) is 14.1. The molecule has 0 aliphatic carbocycles. The third kappa shape index (κ3) is 9.31. The average molecular weight is 697 g/mol. The maximum absolute atomic E-state index is 13.2. The monoisotopic (exact) mass is 696 g/mol. The lowest BCUT2D eigenvalue weighted by molar-refractivity contribution is -0.141. The van der Waals surface area contributed by atoms with Gasteiger partial charge in [-0.15, -0.1) is 11.3 Å². The van der Waals surface area contributed by atoms with Crippen molar-refractivity contribution in [3.63, 3.8) is 0 Å². The van der Waals surface area contributed by atoms with Crippen LogP contribution >= 0.6 is 22.9 Å². The molecule has 252 valence electrons. The van der Waals surface area contributed by atoms with Gasteiger partial charge in [0.1, 0.15) is 24.4 Å². The number of nitrogens with one attached hydrogen (secondary N) is 2. The first-order valence-corrected chi connectivity index (χ1v) is 16.9. The van der Waals surface area contributed by atoms with Crippen molar-refractivity contribution in [1.82, 2.24) is 20.6 Å². The van der Waals surface area contributed by atoms with E-state index in [1.165, 1.54) is 18.3 Å². The van der Waals surface area contributed by atoms with Gasteiger partial charge in [-0.1, -0.05) is 93.0 Å². The number of hydrogen-bond acceptors (Lipinski definition) is 7. The van der Waals surface area contributed by atoms with Crippen molar-refractivity contribution < 1.29 is 24.2 Å². The molecule has 0 spiro atoms. The molecule has 0 radical (unpaired) electrons. The van der Waals surface area contributed by atoms with Gasteiger partial charge in [-0.05, 0) is 53.3 Å². The highest BCUT2D eigenvalue weighted by Gasteiger charge is 2.26. The standard InChI is InChI=1S/C38H37ClN4O5S/c1-23(37(46)47)42-35(44)30(43-36(45)32-16-17-33(49-32)38(2,3)4)18-24-10-12-26(13-11-24)34-40-20-28(21-41-34)27-14-15-31(29(39)19-27)48-22-25-8-6-5-7-9-25/h5-17,19-21,23,30H,18,22H2,1-4H3,(H,42,44)(H,43,45)(H,46,47)/t23-,30+/m1/s1. The average Bonchev–Trinajstić information content (AvgIpc) is 3.60. The minimum Gasteiger partial charge on any atom is -0.487 e. The molecule has 0 aliphatic rings. The number of nitrogens with zero attached hydrogens (tertiary/aromatic N) is 2. The van der Waals surface area contributed by atoms with Gasteiger partial charge in [0.15, 0.2) is 5.82 Å². The van der Waals surface area contributed by atoms with Gasteiger partial charge in [-0.25, -0.2) is 9.97 Å². The molecule has 0 fully saturated rings. The Hall–Kier alpha value is -5.06. The van der Waals surface area contributed by atoms with E-state index in [0.717, 1.165) is 32.7 Å². The number of thiophene rings is 1. The summed E-state index contributed by atoms with van der Waals surface area (Å²) < 4.78 is 5.89. The van der Waals surface area contributed by atoms with Gasteiger partial charge in [0.2, 0.25) is 5.91 Å². The van der Waals surface area contributed by atoms with Crippen LogP contribution in [0.3, 0.4) is 0 Å². The summed E-state index contributed by atoms with van der Waals surface area (Å²) in [6, 6.07) is 24.3. The molecular weight excluding hydrogens is 660 g/mol. The molecule has 0 aliphatic heterocycles. The first kappa shape index (κ1) is 35.3. The Labute approximate surface area is 294 Å². The second kappa shape index (κ2) is 15.4. The molecule has 49 heavy (non-hydrogen) atoms. The van der Waals surface area contributed by atoms with Gasteiger partial charge < -0.3 is 20.5 Å². The lowest BCUT2D eigenvalue weighted by Crippen LogP contribution is -2.51. The quantitative estimate of drug-likeness (QED) is 0.125. The number of benzene rings is 3. The van der Waals surface area contributed by atoms with Crippen LogP contribution in [0.25, 0.3) is 22.5 Å². The minimum atomic E-state index is -1.17. The third-order valence-electron chi connectivity index (χ3n) is 7.73. The Bertz CT molecular complexity index is 1920. The molecule has 3 aromatic carbocycles. The second-order valence-electron chi connectivity index (χ2n) is 12.6. The Morgan fingerprint density at radius 1 is 0.857 bits per heavy atom. The zero-order chi connectivity index (χ0) is 35.1. The summed E-state index contributed by atoms with van der Waals surface area (Å²) in [7, 11) is 0. The van der Waals surface area contributed by atoms with Crippen LogP contribution in [0, 0.1) is 0 Å². The molecular formula is C38H37ClN4O5S. The van der Waals surface area contributed by atoms with E-state index < -0.39 is 29.9 Å². The van der Waals surface area contributed by atoms with Gasteiger partial charge in [0.05, 0.1) is 9.90 Å². The van der Waals surface area contributed by atoms with E-state index >= 15 is 0 Å². The molecule has 2 aromatic heterocycles. The summed E-state index contributed by atoms with van der Waals surface area (Å²) in [4.78, 5) is 48.3. The van der Waals surface area contributed by atoms with Gasteiger partial charge in [-0.3, -0.25) is 14.4 Å². The minimum absolute atomic E-state index is 0.125. The van der Waals surface area contributed by atoms with Crippen molar-refractivity contribution in [2.24, 2.45) is 0 Å². The van der Waals surface area contributed by atoms with Crippen LogP contribution in [0.2, 0.25) is 5.02 Å². The summed E-state index contributed by atoms with van der Waals surface area (Å²) >= 11 is 7.88. The largest absolute Gasteiger partial charge is 0.487 e. The number of rotatable bonds is 12. The molecule has 0 saturated carbocycles. The summed E-state index contributed by atoms with van der Waals surface area (Å²) in [5.41, 5.74) is 4.08. The number of amides is 2. The van der Waals surface area contributed by atoms with Crippen molar-refractivity contribution in [2.75, 3.05) is 0 Å². The highest BCUT2D eigenvalue weighted by Crippen LogP contribution is 2.32. The highest BCUT2D eigenvalue weighted by atomic mass is 35.5. The number of aliphatic carboxylic acids is 1. The number of aromatic nitrogens is 2. The molecule has 5 aromatic rings. The summed E-state index contributed by atoms with van der Waals surface area (Å²) in [5, 5.41) is 15.1. The Kier molecular flexibility index (Phi) is 11.1. The van der Waals surface area contributed by atoms with Crippen LogP contribution in [0.4, 0.5) is 0 Å². The van der Waals surface area contributed by atoms with Gasteiger partial charge >= 0.3 is 5.97 Å². The lowest BCUT2D eigenvalue weighted by Gasteiger charge is -2.20. The molecule has 2 atom stereocenters. The first-order chi connectivity index (χ1) is 23.4. The first-order valence-electron chi connectivity index (χ1n) is 15.7. The Morgan fingerprint density at radius 3 is 2.14 bits per heavy atom. The number of hydrogen-bond donors (Lipinski definition) is 3. The van der Waals surface area contributed by atoms with Crippen LogP contribution in [0.15, 0.2) is 97.3 Å². The van der Waals surface area contributed by atoms with E-state index in [-0.39, 0.29) is 11.8 Å². The van der Waals surface area contributed by atoms with Crippen LogP contribution in [0.1, 0.15) is 53.4 Å². The number of carbonyl (C=O) groups excluding carboxylic acids is 2. The number of ether oxygens (including phenoxy) is 1. The zero-order valence-electron chi connectivity index (χ0n) is 27.6. The maximum Gasteiger partial charge on any atom is 0.325 e. The number of carboxylic acid groups (broad SMARTS) is 1. The summed E-state index contributed by atoms with van der Waals surface area (Å²) in [5.74, 6) is -1.06. The highest BCUT2D eigenvalue weighted by molar-refractivity contribution is 7.14. The molecule has 11 heteroatoms. The maximum atomic E-state index is 13.2. The van der Waals surface area contributed by atoms with E-state index in [9.17, 15) is 19.5 Å². The van der Waals surface area contributed by atoms with Crippen LogP contribution in [-0.2, 0) is 28.0 Å². The van der Waals surface area contributed by atoms with E-state index in [1.807, 2.05) is 78.9 Å². The van der Waals surface area contributed by atoms with Crippen molar-refractivity contribution in [3.05, 3.63) is 123 Å². The third-order valence-corrected chi connectivity index (χ3v) is 9.53. The zero-order valence-corrected chi connectivity index (χ0v) is 29.1. The number of carboxylic acids is 1. The van der Waals surface area contributed by atoms with E-state index in [2.05, 4.69) is 41.4 Å². The van der Waals surface area contributed by atoms with Gasteiger partial charge in [-0.2, -0.15) is 0 Å². The number of carbonyl (C=O) groups is 3. The van der Waals surface area contributed by atoms with E-state index in [1.54, 1.807) is 18.5 Å². The fourth-order valence-electron chi connectivity index (χ4n) is 4.86. The molecule has 2 amide bonds. The molecule has 0 unspecified atom stereocenters. The van der Waals surface area contributed by atoms with Crippen molar-refractivity contribution >= 4 is 40.7 Å². The van der Waals surface area contributed by atoms with Gasteiger partial charge in [0.25, 0.3) is 5.91 Å². The topological polar surface area (TPSA) is 131 Å². The Balaban J connectivity index is 1.26. The molecule has 2 heterocycles. The predicted molar refractivity (Wildman–Crippen MR) is 192 cm³/mol. The van der Waals surface area contributed by atoms with Crippen LogP contribution < -0.4 is 15.4 Å². The van der Waals surface area contributed by atoms with Crippen molar-refractivity contribution in [2.45, 2.75) is 58.2 Å². The lowest BCUT2D eigenvalue weighted by atomic mass is 9.95. The fraction of sp³-hybridized carbons (Fsp3) is 0.237. The summed E-state index contributed by atoms with van der Waals surface area (Å²) in [6.45, 7) is 7.97. The summed E-state index contributed by atoms with van der Waals surface area (Å²) in [6.07, 6.45) is 3.59. The van der Waals surface area contributed by atoms with Crippen molar-refractivity contribution in [3.8, 4) is 28.3 Å². The van der Waals surface area contributed by atoms with Crippen molar-refractivity contribution in [1.29, 1.82) is 0 Å². The fourth-order valence-corrected chi connectivity index (χ4v) is 6.06. The Morgan fingerprint density at radius 2 is 1.53 bits per heavy atom. The number of halogens is 1.